The Morgan fingerprint density at radius 2 is 1.69 bits per heavy atom. The van der Waals surface area contributed by atoms with Gasteiger partial charge in [0, 0.05) is 45.0 Å². The molecule has 0 unspecified atom stereocenters. The largest absolute Gasteiger partial charge is 0.497 e. The lowest BCUT2D eigenvalue weighted by molar-refractivity contribution is 0.330. The van der Waals surface area contributed by atoms with Crippen LogP contribution in [0.3, 0.4) is 0 Å². The summed E-state index contributed by atoms with van der Waals surface area (Å²) in [7, 11) is 1.71. The normalized spacial score (nSPS) is 17.9. The van der Waals surface area contributed by atoms with Crippen LogP contribution in [0.25, 0.3) is 0 Å². The molecular formula is C22H38IN5O. The fraction of sp³-hybridized carbons (Fsp3) is 0.682. The maximum atomic E-state index is 5.26. The second-order valence-electron chi connectivity index (χ2n) is 7.66. The minimum absolute atomic E-state index is 0. The van der Waals surface area contributed by atoms with Crippen LogP contribution in [0.2, 0.25) is 0 Å². The third-order valence-electron chi connectivity index (χ3n) is 5.69. The number of halogens is 1. The molecule has 3 rings (SSSR count). The number of hydrogen-bond acceptors (Lipinski definition) is 4. The van der Waals surface area contributed by atoms with Crippen molar-refractivity contribution in [2.45, 2.75) is 32.6 Å². The van der Waals surface area contributed by atoms with Gasteiger partial charge >= 0.3 is 0 Å². The van der Waals surface area contributed by atoms with Gasteiger partial charge in [0.15, 0.2) is 5.96 Å². The van der Waals surface area contributed by atoms with Gasteiger partial charge in [0.25, 0.3) is 0 Å². The van der Waals surface area contributed by atoms with Crippen molar-refractivity contribution in [2.75, 3.05) is 70.9 Å². The summed E-state index contributed by atoms with van der Waals surface area (Å²) >= 11 is 0. The predicted octanol–water partition coefficient (Wildman–Crippen LogP) is 3.28. The Morgan fingerprint density at radius 1 is 1.00 bits per heavy atom. The van der Waals surface area contributed by atoms with Gasteiger partial charge in [-0.2, -0.15) is 0 Å². The van der Waals surface area contributed by atoms with Gasteiger partial charge in [-0.05, 0) is 76.5 Å². The highest BCUT2D eigenvalue weighted by atomic mass is 127. The molecule has 0 atom stereocenters. The first kappa shape index (κ1) is 24.1. The summed E-state index contributed by atoms with van der Waals surface area (Å²) in [5.41, 5.74) is 1.27. The molecule has 1 aromatic rings. The average Bonchev–Trinajstić information content (AvgIpc) is 3.26. The summed E-state index contributed by atoms with van der Waals surface area (Å²) in [5.74, 6) is 1.99. The highest BCUT2D eigenvalue weighted by Gasteiger charge is 2.19. The zero-order valence-corrected chi connectivity index (χ0v) is 20.4. The first-order valence-corrected chi connectivity index (χ1v) is 10.9. The van der Waals surface area contributed by atoms with Crippen LogP contribution in [0.4, 0.5) is 5.69 Å². The molecule has 0 radical (unpaired) electrons. The van der Waals surface area contributed by atoms with Crippen molar-refractivity contribution in [3.05, 3.63) is 24.3 Å². The number of nitrogens with one attached hydrogen (secondary N) is 1. The van der Waals surface area contributed by atoms with Gasteiger partial charge in [-0.25, -0.2) is 0 Å². The zero-order valence-electron chi connectivity index (χ0n) is 18.1. The van der Waals surface area contributed by atoms with E-state index in [0.717, 1.165) is 51.0 Å². The van der Waals surface area contributed by atoms with E-state index in [1.807, 2.05) is 12.1 Å². The Hall–Kier alpha value is -1.22. The van der Waals surface area contributed by atoms with E-state index in [0.29, 0.717) is 0 Å². The molecule has 2 fully saturated rings. The molecule has 29 heavy (non-hydrogen) atoms. The lowest BCUT2D eigenvalue weighted by atomic mass is 10.2. The molecule has 1 N–H and O–H groups in total. The van der Waals surface area contributed by atoms with Gasteiger partial charge in [-0.15, -0.1) is 24.0 Å². The second kappa shape index (κ2) is 13.2. The number of nitrogens with zero attached hydrogens (tertiary/aromatic N) is 4. The standard InChI is InChI=1S/C22H37N5O.HI/c1-3-23-22(24-12-4-5-13-25-14-6-7-15-25)27-18-16-26(17-19-27)20-8-10-21(28-2)11-9-20;/h8-11H,3-7,12-19H2,1-2H3,(H,23,24);1H. The van der Waals surface area contributed by atoms with Crippen LogP contribution in [-0.2, 0) is 0 Å². The van der Waals surface area contributed by atoms with E-state index >= 15 is 0 Å². The summed E-state index contributed by atoms with van der Waals surface area (Å²) in [5, 5.41) is 3.48. The molecule has 0 amide bonds. The van der Waals surface area contributed by atoms with Gasteiger partial charge < -0.3 is 24.8 Å². The number of unbranched alkanes of at least 4 members (excludes halogenated alkanes) is 1. The lowest BCUT2D eigenvalue weighted by Gasteiger charge is -2.37. The number of ether oxygens (including phenoxy) is 1. The van der Waals surface area contributed by atoms with Crippen molar-refractivity contribution in [1.29, 1.82) is 0 Å². The molecule has 0 bridgehead atoms. The van der Waals surface area contributed by atoms with E-state index in [2.05, 4.69) is 39.1 Å². The number of anilines is 1. The minimum atomic E-state index is 0. The zero-order chi connectivity index (χ0) is 19.6. The van der Waals surface area contributed by atoms with Crippen molar-refractivity contribution < 1.29 is 4.74 Å². The molecule has 0 spiro atoms. The van der Waals surface area contributed by atoms with Gasteiger partial charge in [0.05, 0.1) is 7.11 Å². The molecule has 7 heteroatoms. The number of guanidine groups is 1. The molecule has 0 aliphatic carbocycles. The van der Waals surface area contributed by atoms with Gasteiger partial charge in [0.2, 0.25) is 0 Å². The number of benzene rings is 1. The molecule has 6 nitrogen and oxygen atoms in total. The first-order chi connectivity index (χ1) is 13.8. The summed E-state index contributed by atoms with van der Waals surface area (Å²) < 4.78 is 5.26. The molecule has 164 valence electrons. The van der Waals surface area contributed by atoms with E-state index in [-0.39, 0.29) is 24.0 Å². The second-order valence-corrected chi connectivity index (χ2v) is 7.66. The number of rotatable bonds is 8. The van der Waals surface area contributed by atoms with E-state index in [9.17, 15) is 0 Å². The van der Waals surface area contributed by atoms with Crippen LogP contribution in [0.1, 0.15) is 32.6 Å². The van der Waals surface area contributed by atoms with Crippen molar-refractivity contribution in [1.82, 2.24) is 15.1 Å². The maximum absolute atomic E-state index is 5.26. The number of methoxy groups -OCH3 is 1. The average molecular weight is 515 g/mol. The third-order valence-corrected chi connectivity index (χ3v) is 5.69. The van der Waals surface area contributed by atoms with Crippen molar-refractivity contribution in [3.63, 3.8) is 0 Å². The van der Waals surface area contributed by atoms with Crippen LogP contribution in [0, 0.1) is 0 Å². The predicted molar refractivity (Wildman–Crippen MR) is 133 cm³/mol. The Morgan fingerprint density at radius 3 is 2.31 bits per heavy atom. The molecular weight excluding hydrogens is 477 g/mol. The molecule has 2 heterocycles. The number of piperazine rings is 1. The lowest BCUT2D eigenvalue weighted by Crippen LogP contribution is -2.52. The third kappa shape index (κ3) is 7.51. The maximum Gasteiger partial charge on any atom is 0.194 e. The van der Waals surface area contributed by atoms with Crippen LogP contribution in [0.5, 0.6) is 5.75 Å². The van der Waals surface area contributed by atoms with Crippen molar-refractivity contribution in [3.8, 4) is 5.75 Å². The minimum Gasteiger partial charge on any atom is -0.497 e. The Balaban J connectivity index is 0.00000300. The summed E-state index contributed by atoms with van der Waals surface area (Å²) in [6, 6.07) is 8.37. The van der Waals surface area contributed by atoms with Crippen LogP contribution >= 0.6 is 24.0 Å². The Bertz CT molecular complexity index is 596. The number of hydrogen-bond donors (Lipinski definition) is 1. The van der Waals surface area contributed by atoms with E-state index in [1.165, 1.54) is 51.0 Å². The fourth-order valence-corrected chi connectivity index (χ4v) is 4.03. The molecule has 0 aromatic heterocycles. The summed E-state index contributed by atoms with van der Waals surface area (Å²) in [6.07, 6.45) is 5.20. The topological polar surface area (TPSA) is 43.3 Å². The van der Waals surface area contributed by atoms with Crippen LogP contribution < -0.4 is 15.0 Å². The van der Waals surface area contributed by atoms with Crippen LogP contribution in [-0.4, -0.2) is 81.8 Å². The van der Waals surface area contributed by atoms with Crippen molar-refractivity contribution >= 4 is 35.6 Å². The quantitative estimate of drug-likeness (QED) is 0.249. The smallest absolute Gasteiger partial charge is 0.194 e. The van der Waals surface area contributed by atoms with Crippen molar-refractivity contribution in [2.24, 2.45) is 4.99 Å². The summed E-state index contributed by atoms with van der Waals surface area (Å²) in [6.45, 7) is 11.9. The van der Waals surface area contributed by atoms with E-state index < -0.39 is 0 Å². The molecule has 2 aliphatic heterocycles. The SMILES string of the molecule is CCNC(=NCCCCN1CCCC1)N1CCN(c2ccc(OC)cc2)CC1.I. The van der Waals surface area contributed by atoms with Gasteiger partial charge in [-0.1, -0.05) is 0 Å². The monoisotopic (exact) mass is 515 g/mol. The highest BCUT2D eigenvalue weighted by molar-refractivity contribution is 14.0. The van der Waals surface area contributed by atoms with Gasteiger partial charge in [-0.3, -0.25) is 4.99 Å². The number of aliphatic imine (C=N–C) groups is 1. The Kier molecular flexibility index (Phi) is 10.9. The Labute approximate surface area is 193 Å². The van der Waals surface area contributed by atoms with Gasteiger partial charge in [0.1, 0.15) is 5.75 Å². The molecule has 0 saturated carbocycles. The molecule has 1 aromatic carbocycles. The van der Waals surface area contributed by atoms with E-state index in [4.69, 9.17) is 9.73 Å². The van der Waals surface area contributed by atoms with E-state index in [1.54, 1.807) is 7.11 Å². The van der Waals surface area contributed by atoms with Crippen LogP contribution in [0.15, 0.2) is 29.3 Å². The summed E-state index contributed by atoms with van der Waals surface area (Å²) in [4.78, 5) is 12.3. The first-order valence-electron chi connectivity index (χ1n) is 10.9. The highest BCUT2D eigenvalue weighted by Crippen LogP contribution is 2.20. The fourth-order valence-electron chi connectivity index (χ4n) is 4.03. The molecule has 2 aliphatic rings. The number of likely N-dealkylation sites (tertiary alicyclic amines) is 1. The molecule has 2 saturated heterocycles.